The van der Waals surface area contributed by atoms with Gasteiger partial charge in [0.05, 0.1) is 15.6 Å². The van der Waals surface area contributed by atoms with E-state index in [1.54, 1.807) is 0 Å². The van der Waals surface area contributed by atoms with Crippen molar-refractivity contribution in [2.45, 2.75) is 6.54 Å². The number of aliphatic carboxylic acids is 1. The summed E-state index contributed by atoms with van der Waals surface area (Å²) in [5, 5.41) is 21.7. The number of hydrogen-bond acceptors (Lipinski definition) is 4. The number of aromatic nitrogens is 1. The van der Waals surface area contributed by atoms with E-state index in [1.807, 2.05) is 0 Å². The van der Waals surface area contributed by atoms with Crippen molar-refractivity contribution in [3.05, 3.63) is 27.1 Å². The molecule has 0 saturated carbocycles. The normalized spacial score (nSPS) is 10.8. The van der Waals surface area contributed by atoms with Crippen LogP contribution < -0.4 is 0 Å². The smallest absolute Gasteiger partial charge is 0.323 e. The molecule has 0 bridgehead atoms. The third-order valence-corrected chi connectivity index (χ3v) is 3.24. The Morgan fingerprint density at radius 1 is 1.39 bits per heavy atom. The van der Waals surface area contributed by atoms with Crippen LogP contribution in [0.5, 0.6) is 5.88 Å². The highest BCUT2D eigenvalue weighted by Gasteiger charge is 2.22. The van der Waals surface area contributed by atoms with Crippen LogP contribution in [0.1, 0.15) is 0 Å². The van der Waals surface area contributed by atoms with Crippen molar-refractivity contribution >= 4 is 45.8 Å². The largest absolute Gasteiger partial charge is 0.493 e. The number of hydrogen-bond donors (Lipinski definition) is 2. The highest BCUT2D eigenvalue weighted by atomic mass is 35.5. The summed E-state index contributed by atoms with van der Waals surface area (Å²) in [6.07, 6.45) is 0. The van der Waals surface area contributed by atoms with Gasteiger partial charge in [-0.3, -0.25) is 9.36 Å². The fourth-order valence-electron chi connectivity index (χ4n) is 1.73. The van der Waals surface area contributed by atoms with Crippen molar-refractivity contribution in [1.82, 2.24) is 4.57 Å². The minimum absolute atomic E-state index is 0.0561. The molecule has 0 aliphatic rings. The van der Waals surface area contributed by atoms with Crippen molar-refractivity contribution in [3.63, 3.8) is 0 Å². The van der Waals surface area contributed by atoms with E-state index in [4.69, 9.17) is 28.3 Å². The van der Waals surface area contributed by atoms with Gasteiger partial charge in [-0.15, -0.1) is 4.91 Å². The van der Waals surface area contributed by atoms with Crippen molar-refractivity contribution in [2.24, 2.45) is 5.18 Å². The van der Waals surface area contributed by atoms with Gasteiger partial charge in [-0.05, 0) is 17.3 Å². The summed E-state index contributed by atoms with van der Waals surface area (Å²) in [5.74, 6) is -1.75. The van der Waals surface area contributed by atoms with Gasteiger partial charge in [-0.2, -0.15) is 0 Å². The lowest BCUT2D eigenvalue weighted by molar-refractivity contribution is -0.137. The van der Waals surface area contributed by atoms with Crippen LogP contribution in [0.25, 0.3) is 10.9 Å². The topological polar surface area (TPSA) is 91.9 Å². The van der Waals surface area contributed by atoms with Gasteiger partial charge in [0.1, 0.15) is 6.54 Å². The lowest BCUT2D eigenvalue weighted by atomic mass is 10.2. The van der Waals surface area contributed by atoms with Crippen LogP contribution in [0.2, 0.25) is 10.0 Å². The number of nitroso groups, excluding NO2 is 1. The molecular weight excluding hydrogens is 283 g/mol. The second kappa shape index (κ2) is 4.47. The van der Waals surface area contributed by atoms with Crippen molar-refractivity contribution < 1.29 is 15.0 Å². The molecule has 1 heterocycles. The number of benzene rings is 1. The summed E-state index contributed by atoms with van der Waals surface area (Å²) in [6, 6.07) is 2.88. The Morgan fingerprint density at radius 3 is 2.61 bits per heavy atom. The maximum absolute atomic E-state index is 10.7. The number of carboxylic acid groups (broad SMARTS) is 1. The molecule has 0 unspecified atom stereocenters. The molecule has 0 atom stereocenters. The van der Waals surface area contributed by atoms with E-state index in [9.17, 15) is 14.8 Å². The van der Waals surface area contributed by atoms with Gasteiger partial charge in [0.15, 0.2) is 5.69 Å². The molecule has 0 aliphatic heterocycles. The van der Waals surface area contributed by atoms with Gasteiger partial charge in [0, 0.05) is 5.39 Å². The molecule has 0 radical (unpaired) electrons. The van der Waals surface area contributed by atoms with E-state index in [1.165, 1.54) is 12.1 Å². The number of fused-ring (bicyclic) bond motifs is 1. The molecule has 1 aromatic carbocycles. The molecule has 6 nitrogen and oxygen atoms in total. The minimum Gasteiger partial charge on any atom is -0.493 e. The van der Waals surface area contributed by atoms with Crippen LogP contribution in [-0.4, -0.2) is 20.7 Å². The Morgan fingerprint density at radius 2 is 2.06 bits per heavy atom. The van der Waals surface area contributed by atoms with Crippen LogP contribution in [0.15, 0.2) is 17.3 Å². The number of aromatic hydroxyl groups is 1. The minimum atomic E-state index is -1.20. The second-order valence-corrected chi connectivity index (χ2v) is 4.29. The monoisotopic (exact) mass is 288 g/mol. The fourth-order valence-corrected chi connectivity index (χ4v) is 2.15. The van der Waals surface area contributed by atoms with Gasteiger partial charge in [0.2, 0.25) is 5.88 Å². The van der Waals surface area contributed by atoms with Crippen molar-refractivity contribution in [3.8, 4) is 5.88 Å². The molecular formula is C10H6Cl2N2O4. The first-order valence-corrected chi connectivity index (χ1v) is 5.47. The molecule has 0 spiro atoms. The molecule has 2 rings (SSSR count). The number of carbonyl (C=O) groups is 1. The SMILES string of the molecule is O=Nc1c(O)n(CC(=O)O)c2c(Cl)c(Cl)ccc12. The predicted molar refractivity (Wildman–Crippen MR) is 66.7 cm³/mol. The van der Waals surface area contributed by atoms with E-state index < -0.39 is 18.4 Å². The average molecular weight is 289 g/mol. The van der Waals surface area contributed by atoms with Crippen molar-refractivity contribution in [2.75, 3.05) is 0 Å². The molecule has 18 heavy (non-hydrogen) atoms. The Kier molecular flexibility index (Phi) is 3.14. The van der Waals surface area contributed by atoms with Crippen LogP contribution in [0.4, 0.5) is 5.69 Å². The Labute approximate surface area is 110 Å². The lowest BCUT2D eigenvalue weighted by Gasteiger charge is -2.05. The molecule has 8 heteroatoms. The Bertz CT molecular complexity index is 666. The quantitative estimate of drug-likeness (QED) is 0.849. The van der Waals surface area contributed by atoms with Crippen molar-refractivity contribution in [1.29, 1.82) is 0 Å². The first-order chi connectivity index (χ1) is 8.47. The zero-order valence-corrected chi connectivity index (χ0v) is 10.2. The summed E-state index contributed by atoms with van der Waals surface area (Å²) >= 11 is 11.8. The maximum atomic E-state index is 10.7. The molecule has 2 aromatic rings. The lowest BCUT2D eigenvalue weighted by Crippen LogP contribution is -2.08. The number of rotatable bonds is 3. The van der Waals surface area contributed by atoms with E-state index in [2.05, 4.69) is 5.18 Å². The summed E-state index contributed by atoms with van der Waals surface area (Å²) in [5.41, 5.74) is -0.0940. The van der Waals surface area contributed by atoms with Gasteiger partial charge in [-0.25, -0.2) is 0 Å². The maximum Gasteiger partial charge on any atom is 0.323 e. The van der Waals surface area contributed by atoms with Gasteiger partial charge in [-0.1, -0.05) is 23.2 Å². The third-order valence-electron chi connectivity index (χ3n) is 2.45. The summed E-state index contributed by atoms with van der Waals surface area (Å²) in [6.45, 7) is -0.558. The highest BCUT2D eigenvalue weighted by molar-refractivity contribution is 6.45. The molecule has 0 fully saturated rings. The first-order valence-electron chi connectivity index (χ1n) is 4.71. The number of nitrogens with zero attached hydrogens (tertiary/aromatic N) is 2. The molecule has 2 N–H and O–H groups in total. The molecule has 0 amide bonds. The summed E-state index contributed by atoms with van der Waals surface area (Å²) in [4.78, 5) is 21.4. The van der Waals surface area contributed by atoms with Gasteiger partial charge < -0.3 is 10.2 Å². The van der Waals surface area contributed by atoms with E-state index in [-0.39, 0.29) is 26.6 Å². The zero-order valence-electron chi connectivity index (χ0n) is 8.72. The summed E-state index contributed by atoms with van der Waals surface area (Å²) < 4.78 is 0.975. The van der Waals surface area contributed by atoms with Gasteiger partial charge >= 0.3 is 5.97 Å². The molecule has 0 aliphatic carbocycles. The van der Waals surface area contributed by atoms with Gasteiger partial charge in [0.25, 0.3) is 0 Å². The number of halogens is 2. The summed E-state index contributed by atoms with van der Waals surface area (Å²) in [7, 11) is 0. The van der Waals surface area contributed by atoms with E-state index in [0.717, 1.165) is 4.57 Å². The fraction of sp³-hybridized carbons (Fsp3) is 0.100. The standard InChI is InChI=1S/C10H6Cl2N2O4/c11-5-2-1-4-8(13-18)10(17)14(3-6(15)16)9(4)7(5)12/h1-2,17H,3H2,(H,15,16). The van der Waals surface area contributed by atoms with E-state index >= 15 is 0 Å². The van der Waals surface area contributed by atoms with E-state index in [0.29, 0.717) is 0 Å². The zero-order chi connectivity index (χ0) is 13.4. The third kappa shape index (κ3) is 1.79. The number of carboxylic acids is 1. The van der Waals surface area contributed by atoms with Crippen LogP contribution in [0, 0.1) is 4.91 Å². The Balaban J connectivity index is 2.90. The highest BCUT2D eigenvalue weighted by Crippen LogP contribution is 2.43. The Hall–Kier alpha value is -1.79. The second-order valence-electron chi connectivity index (χ2n) is 3.50. The predicted octanol–water partition coefficient (Wildman–Crippen LogP) is 3.14. The van der Waals surface area contributed by atoms with Crippen LogP contribution in [-0.2, 0) is 11.3 Å². The first kappa shape index (κ1) is 12.7. The van der Waals surface area contributed by atoms with Crippen LogP contribution >= 0.6 is 23.2 Å². The molecule has 0 saturated heterocycles. The molecule has 1 aromatic heterocycles. The average Bonchev–Trinajstić information content (AvgIpc) is 2.57. The molecule has 94 valence electrons. The van der Waals surface area contributed by atoms with Crippen LogP contribution in [0.3, 0.4) is 0 Å².